The molecule has 0 aliphatic heterocycles. The quantitative estimate of drug-likeness (QED) is 0.565. The molecular formula is C5H9NO2S. The van der Waals surface area contributed by atoms with Crippen molar-refractivity contribution in [2.45, 2.75) is 18.6 Å². The average Bonchev–Trinajstić information content (AvgIpc) is 1.65. The summed E-state index contributed by atoms with van der Waals surface area (Å²) in [4.78, 5) is 0. The molecule has 0 aliphatic rings. The van der Waals surface area contributed by atoms with E-state index in [1.54, 1.807) is 13.0 Å². The van der Waals surface area contributed by atoms with Gasteiger partial charge >= 0.3 is 0 Å². The molecule has 9 heavy (non-hydrogen) atoms. The first-order valence-corrected chi connectivity index (χ1v) is 4.56. The van der Waals surface area contributed by atoms with Gasteiger partial charge in [-0.05, 0) is 6.42 Å². The van der Waals surface area contributed by atoms with Crippen molar-refractivity contribution in [2.24, 2.45) is 0 Å². The molecule has 0 aromatic heterocycles. The Labute approximate surface area is 55.2 Å². The number of nitriles is 1. The van der Waals surface area contributed by atoms with Crippen molar-refractivity contribution < 1.29 is 8.42 Å². The van der Waals surface area contributed by atoms with Gasteiger partial charge in [-0.15, -0.1) is 0 Å². The van der Waals surface area contributed by atoms with Gasteiger partial charge in [0.2, 0.25) is 0 Å². The van der Waals surface area contributed by atoms with Crippen LogP contribution in [0.4, 0.5) is 0 Å². The topological polar surface area (TPSA) is 57.9 Å². The highest BCUT2D eigenvalue weighted by atomic mass is 32.2. The third kappa shape index (κ3) is 2.47. The van der Waals surface area contributed by atoms with E-state index in [-0.39, 0.29) is 0 Å². The molecule has 0 radical (unpaired) electrons. The van der Waals surface area contributed by atoms with Crippen LogP contribution in [0, 0.1) is 11.3 Å². The molecule has 0 aromatic rings. The summed E-state index contributed by atoms with van der Waals surface area (Å²) in [6, 6.07) is 1.70. The fourth-order valence-electron chi connectivity index (χ4n) is 0.490. The van der Waals surface area contributed by atoms with Gasteiger partial charge in [-0.2, -0.15) is 5.26 Å². The molecule has 0 amide bonds. The van der Waals surface area contributed by atoms with Gasteiger partial charge < -0.3 is 0 Å². The molecule has 0 aromatic carbocycles. The van der Waals surface area contributed by atoms with Gasteiger partial charge in [0.25, 0.3) is 0 Å². The van der Waals surface area contributed by atoms with Crippen molar-refractivity contribution in [3.05, 3.63) is 0 Å². The summed E-state index contributed by atoms with van der Waals surface area (Å²) in [5, 5.41) is 7.41. The van der Waals surface area contributed by atoms with Crippen LogP contribution in [-0.4, -0.2) is 19.9 Å². The van der Waals surface area contributed by atoms with E-state index in [0.29, 0.717) is 6.42 Å². The molecule has 0 aliphatic carbocycles. The zero-order chi connectivity index (χ0) is 7.49. The maximum Gasteiger partial charge on any atom is 0.163 e. The molecule has 1 atom stereocenters. The van der Waals surface area contributed by atoms with Crippen LogP contribution in [0.25, 0.3) is 0 Å². The van der Waals surface area contributed by atoms with Gasteiger partial charge in [0.05, 0.1) is 6.07 Å². The van der Waals surface area contributed by atoms with Crippen LogP contribution < -0.4 is 0 Å². The van der Waals surface area contributed by atoms with E-state index in [4.69, 9.17) is 5.26 Å². The normalized spacial score (nSPS) is 14.3. The van der Waals surface area contributed by atoms with Gasteiger partial charge in [0.1, 0.15) is 5.25 Å². The molecule has 0 heterocycles. The van der Waals surface area contributed by atoms with Gasteiger partial charge in [0.15, 0.2) is 9.84 Å². The summed E-state index contributed by atoms with van der Waals surface area (Å²) >= 11 is 0. The molecule has 0 spiro atoms. The van der Waals surface area contributed by atoms with E-state index in [1.165, 1.54) is 0 Å². The van der Waals surface area contributed by atoms with Crippen LogP contribution in [0.15, 0.2) is 0 Å². The second-order valence-electron chi connectivity index (χ2n) is 1.86. The summed E-state index contributed by atoms with van der Waals surface area (Å²) in [6.07, 6.45) is 1.44. The third-order valence-corrected chi connectivity index (χ3v) is 2.50. The number of nitrogens with zero attached hydrogens (tertiary/aromatic N) is 1. The van der Waals surface area contributed by atoms with Crippen LogP contribution in [0.2, 0.25) is 0 Å². The first kappa shape index (κ1) is 8.44. The van der Waals surface area contributed by atoms with E-state index in [2.05, 4.69) is 0 Å². The number of hydrogen-bond acceptors (Lipinski definition) is 3. The van der Waals surface area contributed by atoms with Crippen LogP contribution >= 0.6 is 0 Å². The van der Waals surface area contributed by atoms with Crippen molar-refractivity contribution in [3.63, 3.8) is 0 Å². The summed E-state index contributed by atoms with van der Waals surface area (Å²) in [7, 11) is -3.13. The predicted octanol–water partition coefficient (Wildman–Crippen LogP) is 0.333. The van der Waals surface area contributed by atoms with Crippen LogP contribution in [0.1, 0.15) is 13.3 Å². The highest BCUT2D eigenvalue weighted by molar-refractivity contribution is 7.91. The molecule has 0 rings (SSSR count). The Morgan fingerprint density at radius 2 is 2.11 bits per heavy atom. The van der Waals surface area contributed by atoms with Crippen molar-refractivity contribution in [2.75, 3.05) is 6.26 Å². The molecule has 0 saturated heterocycles. The Balaban J connectivity index is 4.38. The number of hydrogen-bond donors (Lipinski definition) is 0. The second kappa shape index (κ2) is 2.83. The zero-order valence-electron chi connectivity index (χ0n) is 5.46. The fraction of sp³-hybridized carbons (Fsp3) is 0.800. The largest absolute Gasteiger partial charge is 0.228 e. The minimum atomic E-state index is -3.13. The maximum atomic E-state index is 10.6. The van der Waals surface area contributed by atoms with Crippen LogP contribution in [-0.2, 0) is 9.84 Å². The number of sulfone groups is 1. The van der Waals surface area contributed by atoms with E-state index in [0.717, 1.165) is 6.26 Å². The minimum Gasteiger partial charge on any atom is -0.228 e. The van der Waals surface area contributed by atoms with Crippen molar-refractivity contribution >= 4 is 9.84 Å². The first-order chi connectivity index (χ1) is 4.02. The molecular weight excluding hydrogens is 138 g/mol. The first-order valence-electron chi connectivity index (χ1n) is 2.60. The van der Waals surface area contributed by atoms with Crippen LogP contribution in [0.5, 0.6) is 0 Å². The van der Waals surface area contributed by atoms with Crippen molar-refractivity contribution in [1.29, 1.82) is 5.26 Å². The molecule has 0 saturated carbocycles. The van der Waals surface area contributed by atoms with Gasteiger partial charge in [-0.25, -0.2) is 8.42 Å². The second-order valence-corrected chi connectivity index (χ2v) is 4.08. The van der Waals surface area contributed by atoms with Crippen molar-refractivity contribution in [1.82, 2.24) is 0 Å². The summed E-state index contributed by atoms with van der Waals surface area (Å²) in [5.41, 5.74) is 0. The molecule has 0 N–H and O–H groups in total. The molecule has 0 unspecified atom stereocenters. The van der Waals surface area contributed by atoms with E-state index in [1.807, 2.05) is 0 Å². The van der Waals surface area contributed by atoms with E-state index >= 15 is 0 Å². The van der Waals surface area contributed by atoms with E-state index in [9.17, 15) is 8.42 Å². The smallest absolute Gasteiger partial charge is 0.163 e. The average molecular weight is 147 g/mol. The standard InChI is InChI=1S/C5H9NO2S/c1-3-5(4-6)9(2,7)8/h5H,3H2,1-2H3/t5-/m1/s1. The van der Waals surface area contributed by atoms with Gasteiger partial charge in [0, 0.05) is 6.26 Å². The lowest BCUT2D eigenvalue weighted by Gasteiger charge is -1.99. The van der Waals surface area contributed by atoms with E-state index < -0.39 is 15.1 Å². The van der Waals surface area contributed by atoms with Crippen LogP contribution in [0.3, 0.4) is 0 Å². The lowest BCUT2D eigenvalue weighted by molar-refractivity contribution is 0.593. The molecule has 0 fully saturated rings. The third-order valence-electron chi connectivity index (χ3n) is 1.03. The fourth-order valence-corrected chi connectivity index (χ4v) is 1.29. The number of rotatable bonds is 2. The Morgan fingerprint density at radius 1 is 1.67 bits per heavy atom. The Kier molecular flexibility index (Phi) is 2.65. The monoisotopic (exact) mass is 147 g/mol. The Bertz CT molecular complexity index is 212. The summed E-state index contributed by atoms with van der Waals surface area (Å²) < 4.78 is 21.1. The molecule has 0 bridgehead atoms. The maximum absolute atomic E-state index is 10.6. The lowest BCUT2D eigenvalue weighted by Crippen LogP contribution is -2.15. The molecule has 4 heteroatoms. The molecule has 52 valence electrons. The van der Waals surface area contributed by atoms with Gasteiger partial charge in [-0.1, -0.05) is 6.92 Å². The van der Waals surface area contributed by atoms with Gasteiger partial charge in [-0.3, -0.25) is 0 Å². The molecule has 3 nitrogen and oxygen atoms in total. The highest BCUT2D eigenvalue weighted by Crippen LogP contribution is 2.00. The zero-order valence-corrected chi connectivity index (χ0v) is 6.27. The SMILES string of the molecule is CC[C@H](C#N)S(C)(=O)=O. The lowest BCUT2D eigenvalue weighted by atomic mass is 10.4. The Morgan fingerprint density at radius 3 is 2.11 bits per heavy atom. The minimum absolute atomic E-state index is 0.370. The summed E-state index contributed by atoms with van der Waals surface area (Å²) in [6.45, 7) is 1.68. The van der Waals surface area contributed by atoms with Crippen molar-refractivity contribution in [3.8, 4) is 6.07 Å². The predicted molar refractivity (Wildman–Crippen MR) is 34.5 cm³/mol. The Hall–Kier alpha value is -0.560. The highest BCUT2D eigenvalue weighted by Gasteiger charge is 2.16. The summed E-state index contributed by atoms with van der Waals surface area (Å²) in [5.74, 6) is 0.